The van der Waals surface area contributed by atoms with E-state index in [0.29, 0.717) is 29.8 Å². The fourth-order valence-electron chi connectivity index (χ4n) is 1.32. The molecular formula is C12H17F2NOS. The van der Waals surface area contributed by atoms with Gasteiger partial charge in [0.15, 0.2) is 0 Å². The number of alkyl halides is 2. The van der Waals surface area contributed by atoms with Crippen LogP contribution in [0.5, 0.6) is 0 Å². The molecule has 0 aliphatic heterocycles. The quantitative estimate of drug-likeness (QED) is 0.567. The van der Waals surface area contributed by atoms with E-state index >= 15 is 0 Å². The summed E-state index contributed by atoms with van der Waals surface area (Å²) in [6, 6.07) is 7.06. The Morgan fingerprint density at radius 3 is 2.76 bits per heavy atom. The molecule has 1 N–H and O–H groups in total. The van der Waals surface area contributed by atoms with Gasteiger partial charge in [0.05, 0.1) is 6.61 Å². The van der Waals surface area contributed by atoms with E-state index in [0.717, 1.165) is 18.7 Å². The summed E-state index contributed by atoms with van der Waals surface area (Å²) in [5.74, 6) is -2.39. The van der Waals surface area contributed by atoms with E-state index in [2.05, 4.69) is 5.32 Å². The highest BCUT2D eigenvalue weighted by Gasteiger charge is 2.08. The zero-order chi connectivity index (χ0) is 12.5. The van der Waals surface area contributed by atoms with Crippen molar-refractivity contribution in [2.45, 2.75) is 24.0 Å². The lowest BCUT2D eigenvalue weighted by atomic mass is 10.3. The zero-order valence-electron chi connectivity index (χ0n) is 9.79. The molecule has 1 aromatic rings. The van der Waals surface area contributed by atoms with Gasteiger partial charge < -0.3 is 10.1 Å². The summed E-state index contributed by atoms with van der Waals surface area (Å²) in [5, 5.41) is 3.10. The summed E-state index contributed by atoms with van der Waals surface area (Å²) >= 11 is 0.557. The molecule has 0 spiro atoms. The highest BCUT2D eigenvalue weighted by atomic mass is 32.2. The van der Waals surface area contributed by atoms with Crippen LogP contribution in [0.4, 0.5) is 14.5 Å². The van der Waals surface area contributed by atoms with Crippen LogP contribution in [0.25, 0.3) is 0 Å². The maximum Gasteiger partial charge on any atom is 0.288 e. The summed E-state index contributed by atoms with van der Waals surface area (Å²) < 4.78 is 29.9. The van der Waals surface area contributed by atoms with Crippen molar-refractivity contribution in [3.05, 3.63) is 24.3 Å². The Morgan fingerprint density at radius 2 is 2.06 bits per heavy atom. The average molecular weight is 261 g/mol. The SMILES string of the molecule is CCCOCCNc1ccccc1SC(F)F. The molecule has 96 valence electrons. The van der Waals surface area contributed by atoms with Crippen molar-refractivity contribution in [3.8, 4) is 0 Å². The van der Waals surface area contributed by atoms with Gasteiger partial charge in [0.1, 0.15) is 0 Å². The topological polar surface area (TPSA) is 21.3 Å². The monoisotopic (exact) mass is 261 g/mol. The van der Waals surface area contributed by atoms with E-state index < -0.39 is 5.76 Å². The van der Waals surface area contributed by atoms with Crippen molar-refractivity contribution in [2.24, 2.45) is 0 Å². The molecule has 0 aliphatic carbocycles. The molecule has 5 heteroatoms. The Balaban J connectivity index is 2.40. The second-order valence-electron chi connectivity index (χ2n) is 3.41. The molecule has 0 radical (unpaired) electrons. The highest BCUT2D eigenvalue weighted by Crippen LogP contribution is 2.31. The lowest BCUT2D eigenvalue weighted by molar-refractivity contribution is 0.144. The maximum absolute atomic E-state index is 12.3. The fourth-order valence-corrected chi connectivity index (χ4v) is 1.93. The molecule has 1 aromatic carbocycles. The molecule has 0 atom stereocenters. The van der Waals surface area contributed by atoms with Crippen LogP contribution < -0.4 is 5.32 Å². The first-order valence-corrected chi connectivity index (χ1v) is 6.47. The van der Waals surface area contributed by atoms with E-state index in [1.54, 1.807) is 18.2 Å². The van der Waals surface area contributed by atoms with Crippen molar-refractivity contribution in [1.82, 2.24) is 0 Å². The zero-order valence-corrected chi connectivity index (χ0v) is 10.6. The van der Waals surface area contributed by atoms with Crippen LogP contribution in [0.3, 0.4) is 0 Å². The fraction of sp³-hybridized carbons (Fsp3) is 0.500. The standard InChI is InChI=1S/C12H17F2NOS/c1-2-8-16-9-7-15-10-5-3-4-6-11(10)17-12(13)14/h3-6,12,15H,2,7-9H2,1H3. The number of thioether (sulfide) groups is 1. The highest BCUT2D eigenvalue weighted by molar-refractivity contribution is 7.99. The Labute approximate surface area is 105 Å². The molecule has 17 heavy (non-hydrogen) atoms. The van der Waals surface area contributed by atoms with Crippen LogP contribution in [-0.2, 0) is 4.74 Å². The van der Waals surface area contributed by atoms with Gasteiger partial charge >= 0.3 is 0 Å². The largest absolute Gasteiger partial charge is 0.382 e. The van der Waals surface area contributed by atoms with Crippen molar-refractivity contribution < 1.29 is 13.5 Å². The molecule has 0 unspecified atom stereocenters. The lowest BCUT2D eigenvalue weighted by Crippen LogP contribution is -2.10. The number of benzene rings is 1. The molecule has 0 aromatic heterocycles. The minimum Gasteiger partial charge on any atom is -0.382 e. The van der Waals surface area contributed by atoms with Crippen molar-refractivity contribution in [3.63, 3.8) is 0 Å². The Kier molecular flexibility index (Phi) is 6.96. The summed E-state index contributed by atoms with van der Waals surface area (Å²) in [4.78, 5) is 0.568. The summed E-state index contributed by atoms with van der Waals surface area (Å²) in [6.07, 6.45) is 0.984. The van der Waals surface area contributed by atoms with E-state index in [9.17, 15) is 8.78 Å². The minimum atomic E-state index is -2.39. The van der Waals surface area contributed by atoms with E-state index in [1.807, 2.05) is 13.0 Å². The van der Waals surface area contributed by atoms with Gasteiger partial charge in [0, 0.05) is 23.7 Å². The van der Waals surface area contributed by atoms with Gasteiger partial charge in [-0.2, -0.15) is 8.78 Å². The predicted octanol–water partition coefficient (Wildman–Crippen LogP) is 3.84. The van der Waals surface area contributed by atoms with Crippen molar-refractivity contribution in [2.75, 3.05) is 25.1 Å². The van der Waals surface area contributed by atoms with Gasteiger partial charge in [-0.25, -0.2) is 0 Å². The maximum atomic E-state index is 12.3. The number of hydrogen-bond acceptors (Lipinski definition) is 3. The van der Waals surface area contributed by atoms with Crippen LogP contribution in [0.2, 0.25) is 0 Å². The van der Waals surface area contributed by atoms with Crippen molar-refractivity contribution >= 4 is 17.4 Å². The van der Waals surface area contributed by atoms with E-state index in [1.165, 1.54) is 0 Å². The molecule has 1 rings (SSSR count). The van der Waals surface area contributed by atoms with E-state index in [-0.39, 0.29) is 0 Å². The lowest BCUT2D eigenvalue weighted by Gasteiger charge is -2.11. The number of rotatable bonds is 8. The van der Waals surface area contributed by atoms with Gasteiger partial charge in [0.2, 0.25) is 0 Å². The van der Waals surface area contributed by atoms with Crippen LogP contribution in [0, 0.1) is 0 Å². The number of ether oxygens (including phenoxy) is 1. The third-order valence-electron chi connectivity index (χ3n) is 2.01. The van der Waals surface area contributed by atoms with Gasteiger partial charge in [-0.05, 0) is 18.6 Å². The Morgan fingerprint density at radius 1 is 1.29 bits per heavy atom. The Bertz CT molecular complexity index is 323. The molecule has 0 amide bonds. The summed E-state index contributed by atoms with van der Waals surface area (Å²) in [5.41, 5.74) is 0.734. The number of halogens is 2. The van der Waals surface area contributed by atoms with Crippen LogP contribution in [0.1, 0.15) is 13.3 Å². The smallest absolute Gasteiger partial charge is 0.288 e. The average Bonchev–Trinajstić information content (AvgIpc) is 2.30. The first kappa shape index (κ1) is 14.3. The second kappa shape index (κ2) is 8.31. The molecule has 0 saturated carbocycles. The second-order valence-corrected chi connectivity index (χ2v) is 4.45. The molecule has 2 nitrogen and oxygen atoms in total. The van der Waals surface area contributed by atoms with Crippen molar-refractivity contribution in [1.29, 1.82) is 0 Å². The van der Waals surface area contributed by atoms with E-state index in [4.69, 9.17) is 4.74 Å². The minimum absolute atomic E-state index is 0.557. The molecule has 0 saturated heterocycles. The van der Waals surface area contributed by atoms with Crippen LogP contribution in [-0.4, -0.2) is 25.5 Å². The molecule has 0 bridgehead atoms. The number of anilines is 1. The predicted molar refractivity (Wildman–Crippen MR) is 67.9 cm³/mol. The van der Waals surface area contributed by atoms with Gasteiger partial charge in [-0.15, -0.1) is 0 Å². The summed E-state index contributed by atoms with van der Waals surface area (Å²) in [6.45, 7) is 3.99. The molecule has 0 fully saturated rings. The third-order valence-corrected chi connectivity index (χ3v) is 2.80. The van der Waals surface area contributed by atoms with Crippen LogP contribution >= 0.6 is 11.8 Å². The van der Waals surface area contributed by atoms with Gasteiger partial charge in [-0.1, -0.05) is 30.8 Å². The normalized spacial score (nSPS) is 10.8. The number of para-hydroxylation sites is 1. The van der Waals surface area contributed by atoms with Crippen LogP contribution in [0.15, 0.2) is 29.2 Å². The third kappa shape index (κ3) is 5.89. The molecular weight excluding hydrogens is 244 g/mol. The first-order valence-electron chi connectivity index (χ1n) is 5.59. The Hall–Kier alpha value is -0.810. The van der Waals surface area contributed by atoms with Gasteiger partial charge in [-0.3, -0.25) is 0 Å². The summed E-state index contributed by atoms with van der Waals surface area (Å²) in [7, 11) is 0. The van der Waals surface area contributed by atoms with Gasteiger partial charge in [0.25, 0.3) is 5.76 Å². The number of hydrogen-bond donors (Lipinski definition) is 1. The first-order chi connectivity index (χ1) is 8.24. The molecule has 0 heterocycles. The number of nitrogens with one attached hydrogen (secondary N) is 1. The molecule has 0 aliphatic rings.